The van der Waals surface area contributed by atoms with Crippen LogP contribution in [0.2, 0.25) is 5.02 Å². The molecule has 0 spiro atoms. The zero-order valence-corrected chi connectivity index (χ0v) is 9.15. The molecule has 0 amide bonds. The largest absolute Gasteiger partial charge is 0.478 e. The number of hydrogen-bond acceptors (Lipinski definition) is 3. The molecule has 4 nitrogen and oxygen atoms in total. The van der Waals surface area contributed by atoms with Gasteiger partial charge in [-0.05, 0) is 17.7 Å². The zero-order valence-electron chi connectivity index (χ0n) is 8.39. The highest BCUT2D eigenvalue weighted by Crippen LogP contribution is 2.24. The van der Waals surface area contributed by atoms with Crippen molar-refractivity contribution in [1.29, 1.82) is 0 Å². The molecule has 2 rings (SSSR count). The summed E-state index contributed by atoms with van der Waals surface area (Å²) >= 11 is 5.73. The summed E-state index contributed by atoms with van der Waals surface area (Å²) in [4.78, 5) is 17.7. The van der Waals surface area contributed by atoms with Crippen LogP contribution in [0.25, 0.3) is 11.1 Å². The summed E-state index contributed by atoms with van der Waals surface area (Å²) < 4.78 is 12.5. The molecule has 0 unspecified atom stereocenters. The Morgan fingerprint density at radius 1 is 1.24 bits per heavy atom. The average Bonchev–Trinajstić information content (AvgIpc) is 2.30. The number of halogens is 2. The van der Waals surface area contributed by atoms with Crippen LogP contribution in [-0.2, 0) is 0 Å². The predicted molar refractivity (Wildman–Crippen MR) is 59.4 cm³/mol. The minimum absolute atomic E-state index is 0.0199. The standard InChI is InChI=1S/C11H6ClFN2O2/c12-9-2-1-6(3-8(9)10(16)17)7-4-14-11(13)15-5-7/h1-5H,(H,16,17). The van der Waals surface area contributed by atoms with E-state index in [4.69, 9.17) is 16.7 Å². The topological polar surface area (TPSA) is 63.1 Å². The van der Waals surface area contributed by atoms with Crippen molar-refractivity contribution >= 4 is 17.6 Å². The molecule has 0 aliphatic heterocycles. The van der Waals surface area contributed by atoms with Crippen molar-refractivity contribution in [2.24, 2.45) is 0 Å². The second-order valence-corrected chi connectivity index (χ2v) is 3.65. The molecule has 1 N–H and O–H groups in total. The second-order valence-electron chi connectivity index (χ2n) is 3.24. The number of aromatic carboxylic acids is 1. The minimum Gasteiger partial charge on any atom is -0.478 e. The highest BCUT2D eigenvalue weighted by Gasteiger charge is 2.10. The molecule has 6 heteroatoms. The van der Waals surface area contributed by atoms with Gasteiger partial charge in [-0.25, -0.2) is 14.8 Å². The van der Waals surface area contributed by atoms with E-state index in [0.717, 1.165) is 0 Å². The fourth-order valence-electron chi connectivity index (χ4n) is 1.33. The van der Waals surface area contributed by atoms with Crippen molar-refractivity contribution in [3.05, 3.63) is 47.3 Å². The number of carboxylic acids is 1. The molecule has 0 radical (unpaired) electrons. The number of nitrogens with zero attached hydrogens (tertiary/aromatic N) is 2. The quantitative estimate of drug-likeness (QED) is 0.835. The maximum atomic E-state index is 12.5. The van der Waals surface area contributed by atoms with E-state index >= 15 is 0 Å². The van der Waals surface area contributed by atoms with Crippen LogP contribution < -0.4 is 0 Å². The fraction of sp³-hybridized carbons (Fsp3) is 0. The Hall–Kier alpha value is -2.01. The Morgan fingerprint density at radius 2 is 1.88 bits per heavy atom. The van der Waals surface area contributed by atoms with Crippen molar-refractivity contribution in [3.8, 4) is 11.1 Å². The summed E-state index contributed by atoms with van der Waals surface area (Å²) in [6.07, 6.45) is 1.72. The monoisotopic (exact) mass is 252 g/mol. The molecule has 0 fully saturated rings. The van der Waals surface area contributed by atoms with Crippen LogP contribution in [0.3, 0.4) is 0 Å². The van der Waals surface area contributed by atoms with E-state index in [1.54, 1.807) is 6.07 Å². The van der Waals surface area contributed by atoms with Crippen LogP contribution >= 0.6 is 11.6 Å². The maximum Gasteiger partial charge on any atom is 0.337 e. The van der Waals surface area contributed by atoms with Gasteiger partial charge in [0.05, 0.1) is 10.6 Å². The van der Waals surface area contributed by atoms with Crippen LogP contribution in [0.5, 0.6) is 0 Å². The Kier molecular flexibility index (Phi) is 3.01. The van der Waals surface area contributed by atoms with Gasteiger partial charge in [0.15, 0.2) is 0 Å². The molecule has 0 saturated heterocycles. The van der Waals surface area contributed by atoms with Crippen LogP contribution in [0.15, 0.2) is 30.6 Å². The lowest BCUT2D eigenvalue weighted by Gasteiger charge is -2.03. The highest BCUT2D eigenvalue weighted by atomic mass is 35.5. The number of aromatic nitrogens is 2. The van der Waals surface area contributed by atoms with Gasteiger partial charge in [0.2, 0.25) is 0 Å². The predicted octanol–water partition coefficient (Wildman–Crippen LogP) is 2.63. The van der Waals surface area contributed by atoms with E-state index in [9.17, 15) is 9.18 Å². The SMILES string of the molecule is O=C(O)c1cc(-c2cnc(F)nc2)ccc1Cl. The second kappa shape index (κ2) is 4.47. The van der Waals surface area contributed by atoms with Gasteiger partial charge in [0, 0.05) is 18.0 Å². The minimum atomic E-state index is -1.13. The molecule has 0 bridgehead atoms. The van der Waals surface area contributed by atoms with Gasteiger partial charge < -0.3 is 5.11 Å². The Morgan fingerprint density at radius 3 is 2.47 bits per heavy atom. The van der Waals surface area contributed by atoms with E-state index in [1.165, 1.54) is 24.5 Å². The molecule has 2 aromatic rings. The van der Waals surface area contributed by atoms with E-state index in [1.807, 2.05) is 0 Å². The first-order valence-corrected chi connectivity index (χ1v) is 4.96. The maximum absolute atomic E-state index is 12.5. The summed E-state index contributed by atoms with van der Waals surface area (Å²) in [5, 5.41) is 9.05. The third-order valence-corrected chi connectivity index (χ3v) is 2.48. The van der Waals surface area contributed by atoms with Gasteiger partial charge in [0.1, 0.15) is 0 Å². The van der Waals surface area contributed by atoms with Gasteiger partial charge in [0.25, 0.3) is 0 Å². The molecule has 0 aliphatic carbocycles. The van der Waals surface area contributed by atoms with Gasteiger partial charge in [-0.1, -0.05) is 17.7 Å². The zero-order chi connectivity index (χ0) is 12.4. The van der Waals surface area contributed by atoms with Crippen LogP contribution in [0.4, 0.5) is 4.39 Å². The Labute approximate surface area is 101 Å². The Bertz CT molecular complexity index is 572. The molecule has 0 atom stereocenters. The van der Waals surface area contributed by atoms with Gasteiger partial charge in [-0.2, -0.15) is 4.39 Å². The molecule has 0 saturated carbocycles. The molecule has 0 aliphatic rings. The summed E-state index contributed by atoms with van der Waals surface area (Å²) in [6, 6.07) is 4.47. The normalized spacial score (nSPS) is 10.2. The van der Waals surface area contributed by atoms with E-state index in [-0.39, 0.29) is 10.6 Å². The molecular weight excluding hydrogens is 247 g/mol. The molecule has 1 heterocycles. The van der Waals surface area contributed by atoms with Crippen molar-refractivity contribution in [2.75, 3.05) is 0 Å². The summed E-state index contributed by atoms with van der Waals surface area (Å²) in [5.74, 6) is -1.13. The lowest BCUT2D eigenvalue weighted by Crippen LogP contribution is -1.98. The number of rotatable bonds is 2. The lowest BCUT2D eigenvalue weighted by molar-refractivity contribution is 0.0697. The highest BCUT2D eigenvalue weighted by molar-refractivity contribution is 6.33. The van der Waals surface area contributed by atoms with Crippen LogP contribution in [-0.4, -0.2) is 21.0 Å². The van der Waals surface area contributed by atoms with Crippen molar-refractivity contribution in [2.45, 2.75) is 0 Å². The Balaban J connectivity index is 2.50. The van der Waals surface area contributed by atoms with E-state index in [2.05, 4.69) is 9.97 Å². The third-order valence-electron chi connectivity index (χ3n) is 2.15. The van der Waals surface area contributed by atoms with Crippen LogP contribution in [0, 0.1) is 6.08 Å². The number of hydrogen-bond donors (Lipinski definition) is 1. The number of carboxylic acid groups (broad SMARTS) is 1. The van der Waals surface area contributed by atoms with E-state index < -0.39 is 12.0 Å². The fourth-order valence-corrected chi connectivity index (χ4v) is 1.53. The molecule has 17 heavy (non-hydrogen) atoms. The number of carbonyl (C=O) groups is 1. The van der Waals surface area contributed by atoms with E-state index in [0.29, 0.717) is 11.1 Å². The lowest BCUT2D eigenvalue weighted by atomic mass is 10.1. The third kappa shape index (κ3) is 2.39. The first kappa shape index (κ1) is 11.5. The van der Waals surface area contributed by atoms with Gasteiger partial charge in [-0.3, -0.25) is 0 Å². The average molecular weight is 253 g/mol. The van der Waals surface area contributed by atoms with Crippen molar-refractivity contribution < 1.29 is 14.3 Å². The van der Waals surface area contributed by atoms with Crippen molar-refractivity contribution in [1.82, 2.24) is 9.97 Å². The van der Waals surface area contributed by atoms with Gasteiger partial charge >= 0.3 is 12.0 Å². The molecule has 1 aromatic carbocycles. The first-order valence-electron chi connectivity index (χ1n) is 4.58. The molecule has 86 valence electrons. The van der Waals surface area contributed by atoms with Gasteiger partial charge in [-0.15, -0.1) is 0 Å². The smallest absolute Gasteiger partial charge is 0.337 e. The summed E-state index contributed by atoms with van der Waals surface area (Å²) in [6.45, 7) is 0. The van der Waals surface area contributed by atoms with Crippen molar-refractivity contribution in [3.63, 3.8) is 0 Å². The summed E-state index contributed by atoms with van der Waals surface area (Å²) in [7, 11) is 0. The molecular formula is C11H6ClFN2O2. The van der Waals surface area contributed by atoms with Crippen LogP contribution in [0.1, 0.15) is 10.4 Å². The number of benzene rings is 1. The molecule has 1 aromatic heterocycles. The summed E-state index contributed by atoms with van der Waals surface area (Å²) in [5.41, 5.74) is 1.06. The first-order chi connectivity index (χ1) is 8.08.